The molecule has 0 saturated carbocycles. The van der Waals surface area contributed by atoms with Crippen LogP contribution in [0.2, 0.25) is 0 Å². The van der Waals surface area contributed by atoms with Crippen molar-refractivity contribution in [2.45, 2.75) is 56.8 Å². The van der Waals surface area contributed by atoms with Gasteiger partial charge in [0.2, 0.25) is 17.7 Å². The Morgan fingerprint density at radius 3 is 1.55 bits per heavy atom. The quantitative estimate of drug-likeness (QED) is 0.164. The minimum atomic E-state index is -1.40. The first-order valence-electron chi connectivity index (χ1n) is 9.62. The third kappa shape index (κ3) is 12.5. The normalized spacial score (nSPS) is 14.6. The summed E-state index contributed by atoms with van der Waals surface area (Å²) in [5.74, 6) is -3.29. The van der Waals surface area contributed by atoms with Crippen molar-refractivity contribution in [3.8, 4) is 0 Å². The lowest BCUT2D eigenvalue weighted by Gasteiger charge is -2.24. The van der Waals surface area contributed by atoms with E-state index >= 15 is 0 Å². The average molecular weight is 481 g/mol. The van der Waals surface area contributed by atoms with Gasteiger partial charge in [-0.25, -0.2) is 4.79 Å². The first-order chi connectivity index (χ1) is 14.5. The van der Waals surface area contributed by atoms with Crippen molar-refractivity contribution in [2.75, 3.05) is 24.0 Å². The molecule has 3 amide bonds. The van der Waals surface area contributed by atoms with Gasteiger partial charge in [0.05, 0.1) is 6.04 Å². The van der Waals surface area contributed by atoms with Crippen molar-refractivity contribution in [3.63, 3.8) is 0 Å². The summed E-state index contributed by atoms with van der Waals surface area (Å²) in [7, 11) is 0. The van der Waals surface area contributed by atoms with E-state index < -0.39 is 60.2 Å². The fraction of sp³-hybridized carbons (Fsp3) is 0.722. The van der Waals surface area contributed by atoms with Crippen LogP contribution in [0.5, 0.6) is 0 Å². The summed E-state index contributed by atoms with van der Waals surface area (Å²) < 4.78 is 0. The largest absolute Gasteiger partial charge is 0.481 e. The Hall–Kier alpha value is -1.99. The first-order valence-corrected chi connectivity index (χ1v) is 12.4. The molecule has 0 heterocycles. The molecule has 178 valence electrons. The van der Waals surface area contributed by atoms with Crippen molar-refractivity contribution in [2.24, 2.45) is 5.73 Å². The van der Waals surface area contributed by atoms with Crippen LogP contribution in [0, 0.1) is 0 Å². The molecule has 0 aromatic rings. The minimum absolute atomic E-state index is 0.223. The molecule has 0 spiro atoms. The molecule has 0 aliphatic carbocycles. The van der Waals surface area contributed by atoms with Gasteiger partial charge in [0, 0.05) is 6.42 Å². The van der Waals surface area contributed by atoms with E-state index in [9.17, 15) is 29.1 Å². The molecule has 13 heteroatoms. The average Bonchev–Trinajstić information content (AvgIpc) is 2.70. The fourth-order valence-corrected chi connectivity index (χ4v) is 3.32. The van der Waals surface area contributed by atoms with Crippen LogP contribution in [0.1, 0.15) is 32.6 Å². The highest BCUT2D eigenvalue weighted by Gasteiger charge is 2.29. The van der Waals surface area contributed by atoms with Gasteiger partial charge in [-0.2, -0.15) is 23.5 Å². The maximum atomic E-state index is 12.8. The molecule has 0 bridgehead atoms. The van der Waals surface area contributed by atoms with E-state index in [0.717, 1.165) is 0 Å². The molecular formula is C18H32N4O7S2. The van der Waals surface area contributed by atoms with E-state index in [4.69, 9.17) is 10.8 Å². The number of carbonyl (C=O) groups is 5. The second-order valence-corrected chi connectivity index (χ2v) is 8.78. The van der Waals surface area contributed by atoms with Gasteiger partial charge < -0.3 is 31.9 Å². The molecular weight excluding hydrogens is 448 g/mol. The monoisotopic (exact) mass is 480 g/mol. The van der Waals surface area contributed by atoms with Gasteiger partial charge in [-0.15, -0.1) is 0 Å². The predicted octanol–water partition coefficient (Wildman–Crippen LogP) is -0.756. The third-order valence-electron chi connectivity index (χ3n) is 4.16. The molecule has 4 atom stereocenters. The van der Waals surface area contributed by atoms with Crippen LogP contribution in [0.4, 0.5) is 0 Å². The Kier molecular flexibility index (Phi) is 14.7. The zero-order chi connectivity index (χ0) is 24.0. The molecule has 7 N–H and O–H groups in total. The topological polar surface area (TPSA) is 188 Å². The fourth-order valence-electron chi connectivity index (χ4n) is 2.38. The molecule has 0 saturated heterocycles. The Balaban J connectivity index is 5.32. The predicted molar refractivity (Wildman–Crippen MR) is 120 cm³/mol. The van der Waals surface area contributed by atoms with Crippen molar-refractivity contribution >= 4 is 53.2 Å². The van der Waals surface area contributed by atoms with Crippen LogP contribution in [0.15, 0.2) is 0 Å². The van der Waals surface area contributed by atoms with Crippen molar-refractivity contribution in [1.82, 2.24) is 16.0 Å². The SMILES string of the molecule is CSCCC(NC(=O)C(C)N)C(=O)NC(CCSC)C(=O)NC(CCC(=O)O)C(=O)O. The molecule has 0 aromatic carbocycles. The summed E-state index contributed by atoms with van der Waals surface area (Å²) in [4.78, 5) is 59.4. The number of amides is 3. The van der Waals surface area contributed by atoms with Crippen LogP contribution < -0.4 is 21.7 Å². The zero-order valence-electron chi connectivity index (χ0n) is 17.9. The third-order valence-corrected chi connectivity index (χ3v) is 5.45. The summed E-state index contributed by atoms with van der Waals surface area (Å²) in [6.45, 7) is 1.48. The Bertz CT molecular complexity index is 634. The van der Waals surface area contributed by atoms with E-state index in [1.165, 1.54) is 30.4 Å². The van der Waals surface area contributed by atoms with E-state index in [0.29, 0.717) is 17.9 Å². The number of carbonyl (C=O) groups excluding carboxylic acids is 3. The molecule has 0 fully saturated rings. The van der Waals surface area contributed by atoms with Gasteiger partial charge in [0.15, 0.2) is 0 Å². The van der Waals surface area contributed by atoms with Crippen LogP contribution in [-0.4, -0.2) is 88.1 Å². The summed E-state index contributed by atoms with van der Waals surface area (Å²) in [6.07, 6.45) is 3.48. The van der Waals surface area contributed by atoms with E-state index in [1.54, 1.807) is 0 Å². The minimum Gasteiger partial charge on any atom is -0.481 e. The Labute approximate surface area is 190 Å². The van der Waals surface area contributed by atoms with Gasteiger partial charge in [-0.05, 0) is 50.2 Å². The van der Waals surface area contributed by atoms with Gasteiger partial charge >= 0.3 is 11.9 Å². The second kappa shape index (κ2) is 15.8. The molecule has 4 unspecified atom stereocenters. The lowest BCUT2D eigenvalue weighted by molar-refractivity contribution is -0.143. The summed E-state index contributed by atoms with van der Waals surface area (Å²) in [5.41, 5.74) is 5.55. The van der Waals surface area contributed by atoms with Crippen LogP contribution in [0.25, 0.3) is 0 Å². The highest BCUT2D eigenvalue weighted by molar-refractivity contribution is 7.98. The van der Waals surface area contributed by atoms with Crippen molar-refractivity contribution in [1.29, 1.82) is 0 Å². The molecule has 0 aromatic heterocycles. The molecule has 0 radical (unpaired) electrons. The molecule has 31 heavy (non-hydrogen) atoms. The lowest BCUT2D eigenvalue weighted by Crippen LogP contribution is -2.57. The van der Waals surface area contributed by atoms with E-state index in [-0.39, 0.29) is 12.8 Å². The number of carboxylic acid groups (broad SMARTS) is 2. The maximum absolute atomic E-state index is 12.8. The standard InChI is InChI=1S/C18H32N4O7S2/c1-10(19)15(25)20-11(6-8-30-2)16(26)21-12(7-9-31-3)17(27)22-13(18(28)29)4-5-14(23)24/h10-13H,4-9,19H2,1-3H3,(H,20,25)(H,21,26)(H,22,27)(H,23,24)(H,28,29). The number of thioether (sulfide) groups is 2. The summed E-state index contributed by atoms with van der Waals surface area (Å²) >= 11 is 2.92. The van der Waals surface area contributed by atoms with Crippen LogP contribution >= 0.6 is 23.5 Å². The van der Waals surface area contributed by atoms with Gasteiger partial charge in [-0.1, -0.05) is 0 Å². The molecule has 0 rings (SSSR count). The van der Waals surface area contributed by atoms with Gasteiger partial charge in [0.25, 0.3) is 0 Å². The number of nitrogens with one attached hydrogen (secondary N) is 3. The zero-order valence-corrected chi connectivity index (χ0v) is 19.5. The van der Waals surface area contributed by atoms with E-state index in [1.807, 2.05) is 12.5 Å². The second-order valence-electron chi connectivity index (χ2n) is 6.81. The lowest BCUT2D eigenvalue weighted by atomic mass is 10.1. The first kappa shape index (κ1) is 29.0. The number of hydrogen-bond acceptors (Lipinski definition) is 8. The van der Waals surface area contributed by atoms with Crippen molar-refractivity contribution in [3.05, 3.63) is 0 Å². The smallest absolute Gasteiger partial charge is 0.326 e. The van der Waals surface area contributed by atoms with Gasteiger partial charge in [0.1, 0.15) is 18.1 Å². The summed E-state index contributed by atoms with van der Waals surface area (Å²) in [6, 6.07) is -4.17. The Morgan fingerprint density at radius 1 is 0.774 bits per heavy atom. The van der Waals surface area contributed by atoms with E-state index in [2.05, 4.69) is 16.0 Å². The molecule has 0 aliphatic heterocycles. The highest BCUT2D eigenvalue weighted by atomic mass is 32.2. The number of aliphatic carboxylic acids is 2. The van der Waals surface area contributed by atoms with Crippen LogP contribution in [-0.2, 0) is 24.0 Å². The maximum Gasteiger partial charge on any atom is 0.326 e. The van der Waals surface area contributed by atoms with Crippen LogP contribution in [0.3, 0.4) is 0 Å². The van der Waals surface area contributed by atoms with Crippen molar-refractivity contribution < 1.29 is 34.2 Å². The number of nitrogens with two attached hydrogens (primary N) is 1. The highest BCUT2D eigenvalue weighted by Crippen LogP contribution is 2.07. The number of rotatable bonds is 16. The molecule has 0 aliphatic rings. The number of hydrogen-bond donors (Lipinski definition) is 6. The summed E-state index contributed by atoms with van der Waals surface area (Å²) in [5, 5.41) is 25.4. The van der Waals surface area contributed by atoms with Gasteiger partial charge in [-0.3, -0.25) is 19.2 Å². The Morgan fingerprint density at radius 2 is 1.19 bits per heavy atom. The molecule has 11 nitrogen and oxygen atoms in total. The number of carboxylic acids is 2.